The summed E-state index contributed by atoms with van der Waals surface area (Å²) in [5.74, 6) is -1.83. The molecule has 0 saturated carbocycles. The molecule has 7 nitrogen and oxygen atoms in total. The van der Waals surface area contributed by atoms with Crippen molar-refractivity contribution in [3.8, 4) is 5.88 Å². The van der Waals surface area contributed by atoms with Gasteiger partial charge >= 0.3 is 0 Å². The van der Waals surface area contributed by atoms with Gasteiger partial charge in [0.05, 0.1) is 43.5 Å². The topological polar surface area (TPSA) is 75.3 Å². The molecule has 2 aliphatic heterocycles. The van der Waals surface area contributed by atoms with Crippen LogP contribution in [-0.4, -0.2) is 64.7 Å². The number of alkyl halides is 2. The summed E-state index contributed by atoms with van der Waals surface area (Å²) in [5.41, 5.74) is 1.40. The number of allylic oxidation sites excluding steroid dienone is 2. The Balaban J connectivity index is 0.000000212. The molecule has 2 saturated heterocycles. The molecule has 0 spiro atoms. The fourth-order valence-electron chi connectivity index (χ4n) is 3.68. The summed E-state index contributed by atoms with van der Waals surface area (Å²) in [7, 11) is 0. The van der Waals surface area contributed by atoms with E-state index in [1.807, 2.05) is 31.7 Å². The van der Waals surface area contributed by atoms with Gasteiger partial charge in [-0.25, -0.2) is 8.78 Å². The van der Waals surface area contributed by atoms with E-state index in [4.69, 9.17) is 21.1 Å². The normalized spacial score (nSPS) is 21.4. The summed E-state index contributed by atoms with van der Waals surface area (Å²) in [6, 6.07) is 2.13. The number of rotatable bonds is 7. The molecule has 0 aliphatic carbocycles. The van der Waals surface area contributed by atoms with Crippen molar-refractivity contribution < 1.29 is 18.3 Å². The molecule has 2 aliphatic rings. The predicted molar refractivity (Wildman–Crippen MR) is 132 cm³/mol. The van der Waals surface area contributed by atoms with Crippen LogP contribution in [0, 0.1) is 11.8 Å². The number of likely N-dealkylation sites (tertiary alicyclic amines) is 1. The number of aromatic nitrogens is 3. The van der Waals surface area contributed by atoms with E-state index in [2.05, 4.69) is 26.8 Å². The second-order valence-corrected chi connectivity index (χ2v) is 9.29. The first kappa shape index (κ1) is 26.4. The molecule has 0 amide bonds. The highest BCUT2D eigenvalue weighted by Crippen LogP contribution is 2.34. The minimum atomic E-state index is -2.51. The van der Waals surface area contributed by atoms with E-state index < -0.39 is 11.8 Å². The van der Waals surface area contributed by atoms with Gasteiger partial charge in [0, 0.05) is 17.1 Å². The molecule has 2 N–H and O–H groups in total. The Morgan fingerprint density at radius 2 is 2.18 bits per heavy atom. The maximum Gasteiger partial charge on any atom is 0.263 e. The quantitative estimate of drug-likeness (QED) is 0.497. The van der Waals surface area contributed by atoms with E-state index in [-0.39, 0.29) is 18.5 Å². The average Bonchev–Trinajstić information content (AvgIpc) is 3.22. The van der Waals surface area contributed by atoms with E-state index >= 15 is 0 Å². The molecule has 2 aromatic rings. The second-order valence-electron chi connectivity index (χ2n) is 8.88. The number of fused-ring (bicyclic) bond motifs is 1. The number of hydrogen-bond donors (Lipinski definition) is 2. The number of aromatic amines is 1. The van der Waals surface area contributed by atoms with Gasteiger partial charge in [0.25, 0.3) is 5.92 Å². The number of anilines is 1. The molecule has 34 heavy (non-hydrogen) atoms. The van der Waals surface area contributed by atoms with Gasteiger partial charge in [-0.05, 0) is 37.9 Å². The fraction of sp³-hybridized carbons (Fsp3) is 0.583. The van der Waals surface area contributed by atoms with E-state index in [1.165, 1.54) is 0 Å². The molecule has 4 rings (SSSR count). The molecular weight excluding hydrogens is 464 g/mol. The summed E-state index contributed by atoms with van der Waals surface area (Å²) in [5, 5.41) is 4.63. The highest BCUT2D eigenvalue weighted by atomic mass is 35.5. The van der Waals surface area contributed by atoms with Gasteiger partial charge in [0.1, 0.15) is 5.65 Å². The van der Waals surface area contributed by atoms with Gasteiger partial charge in [0.2, 0.25) is 11.8 Å². The molecule has 4 heterocycles. The first-order valence-electron chi connectivity index (χ1n) is 11.6. The molecule has 2 fully saturated rings. The lowest BCUT2D eigenvalue weighted by Gasteiger charge is -2.43. The van der Waals surface area contributed by atoms with Gasteiger partial charge in [-0.2, -0.15) is 9.97 Å². The maximum atomic E-state index is 13.3. The van der Waals surface area contributed by atoms with Crippen LogP contribution in [0.15, 0.2) is 35.6 Å². The van der Waals surface area contributed by atoms with Crippen LogP contribution >= 0.6 is 11.6 Å². The van der Waals surface area contributed by atoms with Crippen molar-refractivity contribution in [2.45, 2.75) is 46.1 Å². The van der Waals surface area contributed by atoms with Crippen molar-refractivity contribution in [2.75, 3.05) is 38.2 Å². The second kappa shape index (κ2) is 11.5. The van der Waals surface area contributed by atoms with E-state index in [0.29, 0.717) is 54.4 Å². The zero-order valence-electron chi connectivity index (χ0n) is 20.2. The Morgan fingerprint density at radius 3 is 2.74 bits per heavy atom. The number of nitrogens with one attached hydrogen (secondary N) is 2. The minimum absolute atomic E-state index is 0.0812. The number of hydrogen-bond acceptors (Lipinski definition) is 6. The van der Waals surface area contributed by atoms with Crippen LogP contribution in [0.2, 0.25) is 0 Å². The SMILES string of the molecule is C=C/C(Nc1nc(OCC)c2cc[nH]c2n1)=C(/Cl)C(C)C.CC1CCN(C2COC2)CC1(F)F. The molecule has 0 aromatic carbocycles. The van der Waals surface area contributed by atoms with Crippen LogP contribution in [0.5, 0.6) is 5.88 Å². The summed E-state index contributed by atoms with van der Waals surface area (Å²) in [6.45, 7) is 13.8. The van der Waals surface area contributed by atoms with Crippen molar-refractivity contribution in [2.24, 2.45) is 11.8 Å². The van der Waals surface area contributed by atoms with Gasteiger partial charge < -0.3 is 19.8 Å². The highest BCUT2D eigenvalue weighted by molar-refractivity contribution is 6.30. The number of piperidine rings is 1. The zero-order valence-corrected chi connectivity index (χ0v) is 21.0. The molecule has 188 valence electrons. The Hall–Kier alpha value is -2.23. The average molecular weight is 498 g/mol. The summed E-state index contributed by atoms with van der Waals surface area (Å²) in [4.78, 5) is 13.7. The van der Waals surface area contributed by atoms with Crippen molar-refractivity contribution in [3.05, 3.63) is 35.6 Å². The molecule has 2 aromatic heterocycles. The van der Waals surface area contributed by atoms with Crippen LogP contribution in [0.1, 0.15) is 34.1 Å². The van der Waals surface area contributed by atoms with Crippen LogP contribution in [0.25, 0.3) is 11.0 Å². The van der Waals surface area contributed by atoms with Crippen molar-refractivity contribution in [3.63, 3.8) is 0 Å². The van der Waals surface area contributed by atoms with Crippen molar-refractivity contribution in [1.82, 2.24) is 19.9 Å². The first-order chi connectivity index (χ1) is 16.2. The monoisotopic (exact) mass is 497 g/mol. The lowest BCUT2D eigenvalue weighted by molar-refractivity contribution is -0.149. The third kappa shape index (κ3) is 6.25. The number of nitrogens with zero attached hydrogens (tertiary/aromatic N) is 3. The standard InChI is InChI=1S/C15H19ClN4O.C9H15F2NO/c1-5-11(12(16)9(3)4)18-15-19-13-10(7-8-17-13)14(20-15)21-6-2;1-7-2-3-12(6-9(7,10)11)8-4-13-5-8/h5,7-9H,1,6H2,2-4H3,(H2,17,18,19,20);7-8H,2-6H2,1H3/b12-11-;. The fourth-order valence-corrected chi connectivity index (χ4v) is 3.80. The summed E-state index contributed by atoms with van der Waals surface area (Å²) < 4.78 is 37.1. The third-order valence-electron chi connectivity index (χ3n) is 6.00. The Labute approximate surface area is 204 Å². The number of H-pyrrole nitrogens is 1. The smallest absolute Gasteiger partial charge is 0.263 e. The largest absolute Gasteiger partial charge is 0.477 e. The Bertz CT molecular complexity index is 1010. The zero-order chi connectivity index (χ0) is 24.9. The highest BCUT2D eigenvalue weighted by Gasteiger charge is 2.44. The Morgan fingerprint density at radius 1 is 1.44 bits per heavy atom. The van der Waals surface area contributed by atoms with Gasteiger partial charge in [-0.15, -0.1) is 0 Å². The molecule has 0 radical (unpaired) electrons. The van der Waals surface area contributed by atoms with Gasteiger partial charge in [0.15, 0.2) is 0 Å². The van der Waals surface area contributed by atoms with Crippen LogP contribution in [0.3, 0.4) is 0 Å². The Kier molecular flexibility index (Phi) is 8.89. The van der Waals surface area contributed by atoms with E-state index in [1.54, 1.807) is 19.2 Å². The molecule has 10 heteroatoms. The lowest BCUT2D eigenvalue weighted by Crippen LogP contribution is -2.57. The molecular formula is C24H34ClF2N5O2. The predicted octanol–water partition coefficient (Wildman–Crippen LogP) is 5.42. The van der Waals surface area contributed by atoms with Gasteiger partial charge in [-0.1, -0.05) is 39.0 Å². The third-order valence-corrected chi connectivity index (χ3v) is 6.64. The summed E-state index contributed by atoms with van der Waals surface area (Å²) >= 11 is 6.28. The molecule has 1 atom stereocenters. The minimum Gasteiger partial charge on any atom is -0.477 e. The summed E-state index contributed by atoms with van der Waals surface area (Å²) in [6.07, 6.45) is 4.06. The van der Waals surface area contributed by atoms with Crippen molar-refractivity contribution in [1.29, 1.82) is 0 Å². The molecule has 1 unspecified atom stereocenters. The van der Waals surface area contributed by atoms with E-state index in [0.717, 1.165) is 11.9 Å². The van der Waals surface area contributed by atoms with Crippen LogP contribution in [-0.2, 0) is 4.74 Å². The van der Waals surface area contributed by atoms with Gasteiger partial charge in [-0.3, -0.25) is 4.90 Å². The van der Waals surface area contributed by atoms with Crippen LogP contribution in [0.4, 0.5) is 14.7 Å². The van der Waals surface area contributed by atoms with E-state index in [9.17, 15) is 8.78 Å². The van der Waals surface area contributed by atoms with Crippen LogP contribution < -0.4 is 10.1 Å². The molecule has 0 bridgehead atoms. The number of halogens is 3. The maximum absolute atomic E-state index is 13.3. The number of ether oxygens (including phenoxy) is 2. The van der Waals surface area contributed by atoms with Crippen molar-refractivity contribution >= 4 is 28.6 Å². The first-order valence-corrected chi connectivity index (χ1v) is 12.0. The lowest BCUT2D eigenvalue weighted by atomic mass is 9.93.